The third-order valence-electron chi connectivity index (χ3n) is 5.16. The second-order valence-corrected chi connectivity index (χ2v) is 11.7. The normalized spacial score (nSPS) is 13.9. The summed E-state index contributed by atoms with van der Waals surface area (Å²) in [4.78, 5) is 41.7. The molecule has 0 saturated heterocycles. The molecular formula is C27H45N3O4. The van der Waals surface area contributed by atoms with Crippen LogP contribution in [0.3, 0.4) is 0 Å². The van der Waals surface area contributed by atoms with E-state index >= 15 is 0 Å². The lowest BCUT2D eigenvalue weighted by Crippen LogP contribution is -2.57. The molecule has 0 radical (unpaired) electrons. The summed E-state index contributed by atoms with van der Waals surface area (Å²) in [6.07, 6.45) is -0.662. The average molecular weight is 476 g/mol. The molecule has 2 N–H and O–H groups in total. The maximum Gasteiger partial charge on any atom is 0.408 e. The van der Waals surface area contributed by atoms with Gasteiger partial charge in [0.25, 0.3) is 0 Å². The molecule has 3 amide bonds. The van der Waals surface area contributed by atoms with Crippen molar-refractivity contribution >= 4 is 17.9 Å². The van der Waals surface area contributed by atoms with Crippen LogP contribution >= 0.6 is 0 Å². The lowest BCUT2D eigenvalue weighted by Gasteiger charge is -2.39. The largest absolute Gasteiger partial charge is 0.444 e. The van der Waals surface area contributed by atoms with Gasteiger partial charge >= 0.3 is 6.09 Å². The Morgan fingerprint density at radius 1 is 0.941 bits per heavy atom. The Morgan fingerprint density at radius 2 is 1.50 bits per heavy atom. The fourth-order valence-corrected chi connectivity index (χ4v) is 3.78. The summed E-state index contributed by atoms with van der Waals surface area (Å²) in [5.41, 5.74) is 1.58. The quantitative estimate of drug-likeness (QED) is 0.578. The molecule has 0 aromatic heterocycles. The maximum atomic E-state index is 14.0. The van der Waals surface area contributed by atoms with Gasteiger partial charge in [-0.2, -0.15) is 0 Å². The van der Waals surface area contributed by atoms with Gasteiger partial charge in [-0.1, -0.05) is 37.6 Å². The van der Waals surface area contributed by atoms with Crippen LogP contribution in [0.2, 0.25) is 0 Å². The third-order valence-corrected chi connectivity index (χ3v) is 5.16. The number of carbonyl (C=O) groups is 3. The lowest BCUT2D eigenvalue weighted by atomic mass is 9.93. The standard InChI is InChI=1S/C27H45N3O4/c1-16(2)21(28-25(33)34-27(10,11)12)24(32)30(17(3)4)22(23(31)29-26(7,8)9)20-14-13-18(5)15-19(20)6/h13-17,21-22H,1-12H3,(H,28,33)(H,29,31). The minimum Gasteiger partial charge on any atom is -0.444 e. The van der Waals surface area contributed by atoms with Crippen LogP contribution in [0.4, 0.5) is 4.79 Å². The number of rotatable bonds is 7. The first-order chi connectivity index (χ1) is 15.3. The van der Waals surface area contributed by atoms with Gasteiger partial charge in [-0.05, 0) is 86.3 Å². The molecule has 2 atom stereocenters. The summed E-state index contributed by atoms with van der Waals surface area (Å²) in [6.45, 7) is 22.5. The molecule has 2 unspecified atom stereocenters. The molecule has 0 bridgehead atoms. The van der Waals surface area contributed by atoms with E-state index in [9.17, 15) is 14.4 Å². The molecule has 0 aliphatic heterocycles. The van der Waals surface area contributed by atoms with E-state index in [1.165, 1.54) is 0 Å². The smallest absolute Gasteiger partial charge is 0.408 e. The van der Waals surface area contributed by atoms with E-state index in [4.69, 9.17) is 4.74 Å². The average Bonchev–Trinajstić information content (AvgIpc) is 2.60. The summed E-state index contributed by atoms with van der Waals surface area (Å²) < 4.78 is 5.40. The molecule has 0 fully saturated rings. The van der Waals surface area contributed by atoms with Crippen LogP contribution in [-0.2, 0) is 14.3 Å². The highest BCUT2D eigenvalue weighted by Gasteiger charge is 2.40. The van der Waals surface area contributed by atoms with Crippen LogP contribution in [0.15, 0.2) is 18.2 Å². The third kappa shape index (κ3) is 8.65. The number of aryl methyl sites for hydroxylation is 2. The number of nitrogens with one attached hydrogen (secondary N) is 2. The van der Waals surface area contributed by atoms with Crippen LogP contribution in [0.1, 0.15) is 92.0 Å². The van der Waals surface area contributed by atoms with Crippen molar-refractivity contribution in [3.05, 3.63) is 34.9 Å². The van der Waals surface area contributed by atoms with Crippen LogP contribution in [-0.4, -0.2) is 46.0 Å². The van der Waals surface area contributed by atoms with Gasteiger partial charge < -0.3 is 20.3 Å². The second kappa shape index (κ2) is 11.2. The Hall–Kier alpha value is -2.57. The highest BCUT2D eigenvalue weighted by molar-refractivity contribution is 5.93. The molecule has 0 saturated carbocycles. The fraction of sp³-hybridized carbons (Fsp3) is 0.667. The fourth-order valence-electron chi connectivity index (χ4n) is 3.78. The van der Waals surface area contributed by atoms with Gasteiger partial charge in [0.2, 0.25) is 11.8 Å². The van der Waals surface area contributed by atoms with Gasteiger partial charge in [-0.15, -0.1) is 0 Å². The number of hydrogen-bond acceptors (Lipinski definition) is 4. The predicted molar refractivity (Wildman–Crippen MR) is 137 cm³/mol. The van der Waals surface area contributed by atoms with Crippen molar-refractivity contribution in [2.45, 2.75) is 112 Å². The second-order valence-electron chi connectivity index (χ2n) is 11.7. The molecule has 0 aliphatic carbocycles. The number of hydrogen-bond donors (Lipinski definition) is 2. The Labute approximate surface area is 206 Å². The van der Waals surface area contributed by atoms with Crippen molar-refractivity contribution in [3.8, 4) is 0 Å². The van der Waals surface area contributed by atoms with Crippen molar-refractivity contribution in [1.82, 2.24) is 15.5 Å². The SMILES string of the molecule is Cc1ccc(C(C(=O)NC(C)(C)C)N(C(=O)C(NC(=O)OC(C)(C)C)C(C)C)C(C)C)c(C)c1. The number of nitrogens with zero attached hydrogens (tertiary/aromatic N) is 1. The zero-order valence-electron chi connectivity index (χ0n) is 23.1. The molecule has 192 valence electrons. The highest BCUT2D eigenvalue weighted by Crippen LogP contribution is 2.29. The van der Waals surface area contributed by atoms with Crippen LogP contribution in [0.25, 0.3) is 0 Å². The van der Waals surface area contributed by atoms with E-state index in [1.807, 2.05) is 80.5 Å². The molecule has 34 heavy (non-hydrogen) atoms. The molecule has 1 aromatic rings. The number of benzene rings is 1. The maximum absolute atomic E-state index is 14.0. The van der Waals surface area contributed by atoms with Crippen LogP contribution in [0, 0.1) is 19.8 Å². The van der Waals surface area contributed by atoms with Crippen LogP contribution < -0.4 is 10.6 Å². The molecule has 0 heterocycles. The van der Waals surface area contributed by atoms with Crippen molar-refractivity contribution in [2.24, 2.45) is 5.92 Å². The summed E-state index contributed by atoms with van der Waals surface area (Å²) in [6, 6.07) is 3.86. The Balaban J connectivity index is 3.54. The number of amides is 3. The number of ether oxygens (including phenoxy) is 1. The van der Waals surface area contributed by atoms with E-state index in [-0.39, 0.29) is 23.8 Å². The minimum atomic E-state index is -0.854. The highest BCUT2D eigenvalue weighted by atomic mass is 16.6. The van der Waals surface area contributed by atoms with E-state index < -0.39 is 29.3 Å². The predicted octanol–water partition coefficient (Wildman–Crippen LogP) is 5.05. The zero-order chi connectivity index (χ0) is 26.6. The Morgan fingerprint density at radius 3 is 1.91 bits per heavy atom. The van der Waals surface area contributed by atoms with Gasteiger partial charge in [0.05, 0.1) is 0 Å². The monoisotopic (exact) mass is 475 g/mol. The molecule has 0 aliphatic rings. The first-order valence-electron chi connectivity index (χ1n) is 12.0. The van der Waals surface area contributed by atoms with Gasteiger partial charge in [0.1, 0.15) is 17.7 Å². The van der Waals surface area contributed by atoms with E-state index in [2.05, 4.69) is 10.6 Å². The van der Waals surface area contributed by atoms with Gasteiger partial charge in [0.15, 0.2) is 0 Å². The first kappa shape index (κ1) is 29.5. The van der Waals surface area contributed by atoms with E-state index in [1.54, 1.807) is 25.7 Å². The van der Waals surface area contributed by atoms with Crippen molar-refractivity contribution in [2.75, 3.05) is 0 Å². The van der Waals surface area contributed by atoms with Gasteiger partial charge in [0, 0.05) is 11.6 Å². The van der Waals surface area contributed by atoms with Crippen molar-refractivity contribution in [3.63, 3.8) is 0 Å². The van der Waals surface area contributed by atoms with E-state index in [0.717, 1.165) is 16.7 Å². The zero-order valence-corrected chi connectivity index (χ0v) is 23.1. The number of carbonyl (C=O) groups excluding carboxylic acids is 3. The Bertz CT molecular complexity index is 879. The van der Waals surface area contributed by atoms with E-state index in [0.29, 0.717) is 0 Å². The minimum absolute atomic E-state index is 0.216. The lowest BCUT2D eigenvalue weighted by molar-refractivity contribution is -0.146. The molecule has 7 nitrogen and oxygen atoms in total. The van der Waals surface area contributed by atoms with Gasteiger partial charge in [-0.25, -0.2) is 4.79 Å². The molecule has 7 heteroatoms. The van der Waals surface area contributed by atoms with Crippen LogP contribution in [0.5, 0.6) is 0 Å². The Kier molecular flexibility index (Phi) is 9.74. The summed E-state index contributed by atoms with van der Waals surface area (Å²) in [7, 11) is 0. The summed E-state index contributed by atoms with van der Waals surface area (Å²) in [5, 5.41) is 5.79. The molecule has 0 spiro atoms. The molecule has 1 rings (SSSR count). The summed E-state index contributed by atoms with van der Waals surface area (Å²) in [5.74, 6) is -0.808. The topological polar surface area (TPSA) is 87.7 Å². The first-order valence-corrected chi connectivity index (χ1v) is 12.0. The molecular weight excluding hydrogens is 430 g/mol. The summed E-state index contributed by atoms with van der Waals surface area (Å²) >= 11 is 0. The van der Waals surface area contributed by atoms with Crippen molar-refractivity contribution < 1.29 is 19.1 Å². The molecule has 1 aromatic carbocycles. The van der Waals surface area contributed by atoms with Crippen molar-refractivity contribution in [1.29, 1.82) is 0 Å². The number of alkyl carbamates (subject to hydrolysis) is 1. The van der Waals surface area contributed by atoms with Gasteiger partial charge in [-0.3, -0.25) is 9.59 Å².